The van der Waals surface area contributed by atoms with Crippen LogP contribution in [0, 0.1) is 6.92 Å². The van der Waals surface area contributed by atoms with Gasteiger partial charge in [0.05, 0.1) is 0 Å². The Kier molecular flexibility index (Phi) is 3.82. The largest absolute Gasteiger partial charge is 0.329 e. The van der Waals surface area contributed by atoms with Crippen molar-refractivity contribution in [3.05, 3.63) is 46.9 Å². The molecule has 0 aliphatic carbocycles. The fourth-order valence-electron chi connectivity index (χ4n) is 1.83. The summed E-state index contributed by atoms with van der Waals surface area (Å²) in [5.41, 5.74) is 3.41. The van der Waals surface area contributed by atoms with Gasteiger partial charge in [0, 0.05) is 24.5 Å². The molecule has 0 saturated carbocycles. The highest BCUT2D eigenvalue weighted by Gasteiger charge is 2.09. The normalized spacial score (nSPS) is 10.4. The molecule has 0 aliphatic rings. The molecular formula is C14H16ClN3. The summed E-state index contributed by atoms with van der Waals surface area (Å²) in [7, 11) is 1.98. The maximum Gasteiger partial charge on any atom is 0.224 e. The second kappa shape index (κ2) is 5.36. The van der Waals surface area contributed by atoms with Gasteiger partial charge in [-0.3, -0.25) is 0 Å². The lowest BCUT2D eigenvalue weighted by molar-refractivity contribution is 1.05. The van der Waals surface area contributed by atoms with Crippen LogP contribution < -0.4 is 4.90 Å². The molecule has 18 heavy (non-hydrogen) atoms. The average molecular weight is 262 g/mol. The Hall–Kier alpha value is -1.61. The molecule has 0 unspecified atom stereocenters. The van der Waals surface area contributed by atoms with Crippen molar-refractivity contribution in [2.45, 2.75) is 20.3 Å². The third kappa shape index (κ3) is 2.62. The molecule has 0 fully saturated rings. The van der Waals surface area contributed by atoms with E-state index in [2.05, 4.69) is 41.2 Å². The molecule has 0 radical (unpaired) electrons. The number of benzene rings is 1. The molecule has 1 aromatic carbocycles. The lowest BCUT2D eigenvalue weighted by atomic mass is 10.1. The van der Waals surface area contributed by atoms with Crippen LogP contribution >= 0.6 is 11.6 Å². The Morgan fingerprint density at radius 2 is 1.89 bits per heavy atom. The second-order valence-electron chi connectivity index (χ2n) is 4.22. The van der Waals surface area contributed by atoms with Gasteiger partial charge in [-0.05, 0) is 42.6 Å². The van der Waals surface area contributed by atoms with Crippen molar-refractivity contribution in [1.29, 1.82) is 0 Å². The number of rotatable bonds is 3. The van der Waals surface area contributed by atoms with Crippen LogP contribution in [0.15, 0.2) is 30.5 Å². The SMILES string of the molecule is CCc1ccc(N(C)c2nc(Cl)ncc2C)cc1. The van der Waals surface area contributed by atoms with E-state index >= 15 is 0 Å². The third-order valence-electron chi connectivity index (χ3n) is 2.97. The van der Waals surface area contributed by atoms with Crippen molar-refractivity contribution in [2.75, 3.05) is 11.9 Å². The van der Waals surface area contributed by atoms with E-state index in [1.54, 1.807) is 6.20 Å². The molecule has 0 N–H and O–H groups in total. The van der Waals surface area contributed by atoms with Crippen LogP contribution in [-0.4, -0.2) is 17.0 Å². The molecule has 1 heterocycles. The minimum absolute atomic E-state index is 0.271. The van der Waals surface area contributed by atoms with Gasteiger partial charge in [-0.15, -0.1) is 0 Å². The summed E-state index contributed by atoms with van der Waals surface area (Å²) in [6.45, 7) is 4.12. The lowest BCUT2D eigenvalue weighted by Crippen LogP contribution is -2.13. The number of nitrogens with zero attached hydrogens (tertiary/aromatic N) is 3. The molecule has 0 saturated heterocycles. The van der Waals surface area contributed by atoms with Crippen LogP contribution in [0.1, 0.15) is 18.1 Å². The first-order chi connectivity index (χ1) is 8.61. The quantitative estimate of drug-likeness (QED) is 0.788. The smallest absolute Gasteiger partial charge is 0.224 e. The van der Waals surface area contributed by atoms with Gasteiger partial charge >= 0.3 is 0 Å². The van der Waals surface area contributed by atoms with Crippen LogP contribution in [0.5, 0.6) is 0 Å². The lowest BCUT2D eigenvalue weighted by Gasteiger charge is -2.20. The van der Waals surface area contributed by atoms with E-state index in [9.17, 15) is 0 Å². The van der Waals surface area contributed by atoms with Crippen LogP contribution in [0.3, 0.4) is 0 Å². The van der Waals surface area contributed by atoms with Crippen molar-refractivity contribution >= 4 is 23.1 Å². The number of halogens is 1. The van der Waals surface area contributed by atoms with Gasteiger partial charge in [0.15, 0.2) is 0 Å². The molecule has 0 atom stereocenters. The van der Waals surface area contributed by atoms with Crippen LogP contribution in [0.2, 0.25) is 5.28 Å². The van der Waals surface area contributed by atoms with Crippen LogP contribution in [-0.2, 0) is 6.42 Å². The van der Waals surface area contributed by atoms with Crippen LogP contribution in [0.4, 0.5) is 11.5 Å². The molecule has 1 aromatic heterocycles. The highest BCUT2D eigenvalue weighted by molar-refractivity contribution is 6.28. The monoisotopic (exact) mass is 261 g/mol. The number of hydrogen-bond donors (Lipinski definition) is 0. The van der Waals surface area contributed by atoms with Gasteiger partial charge < -0.3 is 4.90 Å². The fourth-order valence-corrected chi connectivity index (χ4v) is 1.96. The van der Waals surface area contributed by atoms with Gasteiger partial charge in [-0.1, -0.05) is 19.1 Å². The molecular weight excluding hydrogens is 246 g/mol. The van der Waals surface area contributed by atoms with Crippen molar-refractivity contribution < 1.29 is 0 Å². The highest BCUT2D eigenvalue weighted by Crippen LogP contribution is 2.25. The number of hydrogen-bond acceptors (Lipinski definition) is 3. The summed E-state index contributed by atoms with van der Waals surface area (Å²) in [5, 5.41) is 0.271. The minimum Gasteiger partial charge on any atom is -0.329 e. The summed E-state index contributed by atoms with van der Waals surface area (Å²) in [6, 6.07) is 8.44. The Bertz CT molecular complexity index is 537. The Labute approximate surface area is 112 Å². The Morgan fingerprint density at radius 3 is 2.50 bits per heavy atom. The van der Waals surface area contributed by atoms with E-state index in [4.69, 9.17) is 11.6 Å². The summed E-state index contributed by atoms with van der Waals surface area (Å²) >= 11 is 5.85. The van der Waals surface area contributed by atoms with E-state index in [0.29, 0.717) is 0 Å². The number of anilines is 2. The first kappa shape index (κ1) is 12.8. The van der Waals surface area contributed by atoms with Gasteiger partial charge in [0.1, 0.15) is 5.82 Å². The van der Waals surface area contributed by atoms with Gasteiger partial charge in [-0.2, -0.15) is 4.98 Å². The molecule has 2 aromatic rings. The van der Waals surface area contributed by atoms with Crippen molar-refractivity contribution in [1.82, 2.24) is 9.97 Å². The average Bonchev–Trinajstić information content (AvgIpc) is 2.41. The van der Waals surface area contributed by atoms with Crippen molar-refractivity contribution in [2.24, 2.45) is 0 Å². The van der Waals surface area contributed by atoms with E-state index in [-0.39, 0.29) is 5.28 Å². The molecule has 2 rings (SSSR count). The molecule has 3 nitrogen and oxygen atoms in total. The van der Waals surface area contributed by atoms with E-state index in [1.807, 2.05) is 18.9 Å². The molecule has 0 amide bonds. The Balaban J connectivity index is 2.34. The molecule has 94 valence electrons. The third-order valence-corrected chi connectivity index (χ3v) is 3.15. The van der Waals surface area contributed by atoms with Gasteiger partial charge in [-0.25, -0.2) is 4.98 Å². The molecule has 0 spiro atoms. The van der Waals surface area contributed by atoms with Gasteiger partial charge in [0.25, 0.3) is 0 Å². The highest BCUT2D eigenvalue weighted by atomic mass is 35.5. The van der Waals surface area contributed by atoms with E-state index in [1.165, 1.54) is 5.56 Å². The standard InChI is InChI=1S/C14H16ClN3/c1-4-11-5-7-12(8-6-11)18(3)13-10(2)9-16-14(15)17-13/h5-9H,4H2,1-3H3. The zero-order valence-electron chi connectivity index (χ0n) is 10.8. The van der Waals surface area contributed by atoms with Crippen molar-refractivity contribution in [3.63, 3.8) is 0 Å². The predicted octanol–water partition coefficient (Wildman–Crippen LogP) is 3.77. The summed E-state index contributed by atoms with van der Waals surface area (Å²) < 4.78 is 0. The summed E-state index contributed by atoms with van der Waals surface area (Å²) in [6.07, 6.45) is 2.78. The molecule has 0 aliphatic heterocycles. The minimum atomic E-state index is 0.271. The first-order valence-corrected chi connectivity index (χ1v) is 6.31. The van der Waals surface area contributed by atoms with Crippen molar-refractivity contribution in [3.8, 4) is 0 Å². The zero-order chi connectivity index (χ0) is 13.1. The maximum atomic E-state index is 5.85. The fraction of sp³-hybridized carbons (Fsp3) is 0.286. The topological polar surface area (TPSA) is 29.0 Å². The molecule has 4 heteroatoms. The zero-order valence-corrected chi connectivity index (χ0v) is 11.6. The molecule has 0 bridgehead atoms. The number of aromatic nitrogens is 2. The van der Waals surface area contributed by atoms with E-state index in [0.717, 1.165) is 23.5 Å². The Morgan fingerprint density at radius 1 is 1.22 bits per heavy atom. The van der Waals surface area contributed by atoms with Gasteiger partial charge in [0.2, 0.25) is 5.28 Å². The predicted molar refractivity (Wildman–Crippen MR) is 75.7 cm³/mol. The number of aryl methyl sites for hydroxylation is 2. The van der Waals surface area contributed by atoms with Crippen LogP contribution in [0.25, 0.3) is 0 Å². The summed E-state index contributed by atoms with van der Waals surface area (Å²) in [5.74, 6) is 0.833. The summed E-state index contributed by atoms with van der Waals surface area (Å²) in [4.78, 5) is 10.3. The maximum absolute atomic E-state index is 5.85. The second-order valence-corrected chi connectivity index (χ2v) is 4.56. The first-order valence-electron chi connectivity index (χ1n) is 5.93. The van der Waals surface area contributed by atoms with E-state index < -0.39 is 0 Å².